The Bertz CT molecular complexity index is 1150. The highest BCUT2D eigenvalue weighted by atomic mass is 16.7. The molecule has 3 aromatic rings. The third kappa shape index (κ3) is 3.01. The molecule has 0 amide bonds. The Morgan fingerprint density at radius 2 is 1.87 bits per heavy atom. The molecule has 4 heteroatoms. The van der Waals surface area contributed by atoms with Crippen LogP contribution in [0.4, 0.5) is 0 Å². The Morgan fingerprint density at radius 1 is 1.10 bits per heavy atom. The first-order chi connectivity index (χ1) is 14.3. The second-order valence-electron chi connectivity index (χ2n) is 9.71. The average molecular weight is 406 g/mol. The Kier molecular flexibility index (Phi) is 4.25. The minimum atomic E-state index is -0.363. The van der Waals surface area contributed by atoms with Gasteiger partial charge >= 0.3 is 0 Å². The van der Waals surface area contributed by atoms with E-state index in [1.807, 2.05) is 18.2 Å². The van der Waals surface area contributed by atoms with Crippen LogP contribution in [-0.4, -0.2) is 17.6 Å². The molecule has 0 atom stereocenters. The summed E-state index contributed by atoms with van der Waals surface area (Å²) in [5.74, 6) is 1.81. The van der Waals surface area contributed by atoms with Crippen molar-refractivity contribution >= 4 is 16.7 Å². The number of carbonyl (C=O) groups excluding carboxylic acids is 1. The molecular weight excluding hydrogens is 374 g/mol. The maximum atomic E-state index is 13.4. The lowest BCUT2D eigenvalue weighted by atomic mass is 9.86. The number of hydrogen-bond donors (Lipinski definition) is 1. The van der Waals surface area contributed by atoms with Gasteiger partial charge in [0.15, 0.2) is 11.5 Å². The van der Waals surface area contributed by atoms with Gasteiger partial charge in [-0.2, -0.15) is 0 Å². The first-order valence-electron chi connectivity index (χ1n) is 10.9. The van der Waals surface area contributed by atoms with Gasteiger partial charge in [0.1, 0.15) is 5.78 Å². The summed E-state index contributed by atoms with van der Waals surface area (Å²) in [4.78, 5) is 17.0. The number of aromatic nitrogens is 1. The molecule has 158 valence electrons. The van der Waals surface area contributed by atoms with Gasteiger partial charge in [0.05, 0.1) is 5.41 Å². The van der Waals surface area contributed by atoms with Gasteiger partial charge in [0.2, 0.25) is 6.79 Å². The zero-order chi connectivity index (χ0) is 21.1. The monoisotopic (exact) mass is 405 g/mol. The second-order valence-corrected chi connectivity index (χ2v) is 9.71. The van der Waals surface area contributed by atoms with Crippen molar-refractivity contribution in [3.05, 3.63) is 58.8 Å². The van der Waals surface area contributed by atoms with E-state index in [2.05, 4.69) is 50.9 Å². The number of nitrogens with one attached hydrogen (secondary N) is 1. The van der Waals surface area contributed by atoms with Crippen molar-refractivity contribution in [3.63, 3.8) is 0 Å². The van der Waals surface area contributed by atoms with Gasteiger partial charge in [0.25, 0.3) is 0 Å². The first kappa shape index (κ1) is 19.2. The van der Waals surface area contributed by atoms with E-state index in [1.54, 1.807) is 0 Å². The molecule has 1 fully saturated rings. The van der Waals surface area contributed by atoms with Crippen LogP contribution in [0.5, 0.6) is 11.5 Å². The van der Waals surface area contributed by atoms with Gasteiger partial charge in [-0.1, -0.05) is 39.8 Å². The van der Waals surface area contributed by atoms with Crippen molar-refractivity contribution in [1.29, 1.82) is 0 Å². The predicted octanol–water partition coefficient (Wildman–Crippen LogP) is 5.85. The number of fused-ring (bicyclic) bond motifs is 2. The number of ketones is 1. The minimum Gasteiger partial charge on any atom is -0.454 e. The van der Waals surface area contributed by atoms with Gasteiger partial charge in [-0.15, -0.1) is 0 Å². The molecule has 5 rings (SSSR count). The normalized spacial score (nSPS) is 16.8. The molecule has 0 unspecified atom stereocenters. The highest BCUT2D eigenvalue weighted by Crippen LogP contribution is 2.51. The molecule has 4 nitrogen and oxygen atoms in total. The minimum absolute atomic E-state index is 0. The van der Waals surface area contributed by atoms with E-state index in [0.717, 1.165) is 47.4 Å². The van der Waals surface area contributed by atoms with Gasteiger partial charge in [0, 0.05) is 29.9 Å². The van der Waals surface area contributed by atoms with Crippen LogP contribution in [0.2, 0.25) is 0 Å². The number of carbonyl (C=O) groups is 1. The van der Waals surface area contributed by atoms with E-state index in [4.69, 9.17) is 9.47 Å². The number of hydrogen-bond acceptors (Lipinski definition) is 3. The molecular formula is C26H31NO3. The van der Waals surface area contributed by atoms with Crippen LogP contribution >= 0.6 is 0 Å². The van der Waals surface area contributed by atoms with Crippen molar-refractivity contribution in [2.75, 3.05) is 6.79 Å². The van der Waals surface area contributed by atoms with Crippen LogP contribution in [0.3, 0.4) is 0 Å². The van der Waals surface area contributed by atoms with Crippen molar-refractivity contribution < 1.29 is 15.7 Å². The van der Waals surface area contributed by atoms with E-state index in [-0.39, 0.29) is 19.0 Å². The Balaban J connectivity index is 0.00000231. The fourth-order valence-corrected chi connectivity index (χ4v) is 4.81. The second kappa shape index (κ2) is 6.63. The van der Waals surface area contributed by atoms with E-state index in [9.17, 15) is 4.79 Å². The fraction of sp³-hybridized carbons (Fsp3) is 0.423. The quantitative estimate of drug-likeness (QED) is 0.580. The predicted molar refractivity (Wildman–Crippen MR) is 121 cm³/mol. The molecule has 2 aromatic carbocycles. The highest BCUT2D eigenvalue weighted by Gasteiger charge is 2.50. The average Bonchev–Trinajstić information content (AvgIpc) is 3.24. The summed E-state index contributed by atoms with van der Waals surface area (Å²) in [5, 5.41) is 1.25. The SMILES string of the molecule is CCc1c(C(C)(C)C)[nH]c2ccc(CC(=O)C3(c4ccc5c(c4)OCO5)CC3)cc12.[HH]. The van der Waals surface area contributed by atoms with Crippen molar-refractivity contribution in [1.82, 2.24) is 4.98 Å². The van der Waals surface area contributed by atoms with Gasteiger partial charge in [-0.3, -0.25) is 4.79 Å². The molecule has 30 heavy (non-hydrogen) atoms. The molecule has 0 bridgehead atoms. The Labute approximate surface area is 179 Å². The molecule has 1 aliphatic heterocycles. The molecule has 1 saturated carbocycles. The highest BCUT2D eigenvalue weighted by molar-refractivity contribution is 5.95. The molecule has 2 aliphatic rings. The van der Waals surface area contributed by atoms with Gasteiger partial charge < -0.3 is 14.5 Å². The summed E-state index contributed by atoms with van der Waals surface area (Å²) in [6, 6.07) is 12.4. The van der Waals surface area contributed by atoms with Gasteiger partial charge in [-0.25, -0.2) is 0 Å². The van der Waals surface area contributed by atoms with Crippen LogP contribution < -0.4 is 9.47 Å². The largest absolute Gasteiger partial charge is 0.454 e. The molecule has 0 radical (unpaired) electrons. The molecule has 1 aromatic heterocycles. The zero-order valence-corrected chi connectivity index (χ0v) is 18.2. The number of aryl methyl sites for hydroxylation is 1. The maximum absolute atomic E-state index is 13.4. The number of Topliss-reactive ketones (excluding diaryl/α,β-unsaturated/α-hetero) is 1. The molecule has 0 saturated heterocycles. The van der Waals surface area contributed by atoms with Crippen LogP contribution in [0, 0.1) is 0 Å². The third-order valence-corrected chi connectivity index (χ3v) is 6.65. The summed E-state index contributed by atoms with van der Waals surface area (Å²) >= 11 is 0. The standard InChI is InChI=1S/C26H29NO3.H2/c1-5-18-19-12-16(6-8-20(19)27-24(18)25(2,3)4)13-23(28)26(10-11-26)17-7-9-21-22(14-17)30-15-29-21;/h6-9,12,14,27H,5,10-11,13,15H2,1-4H3;1H. The number of aromatic amines is 1. The van der Waals surface area contributed by atoms with Crippen LogP contribution in [0.25, 0.3) is 10.9 Å². The van der Waals surface area contributed by atoms with E-state index in [0.29, 0.717) is 12.2 Å². The molecule has 1 N–H and O–H groups in total. The van der Waals surface area contributed by atoms with Crippen LogP contribution in [-0.2, 0) is 28.5 Å². The van der Waals surface area contributed by atoms with Crippen LogP contribution in [0.1, 0.15) is 64.3 Å². The molecule has 2 heterocycles. The zero-order valence-electron chi connectivity index (χ0n) is 18.2. The van der Waals surface area contributed by atoms with Crippen molar-refractivity contribution in [2.24, 2.45) is 0 Å². The summed E-state index contributed by atoms with van der Waals surface area (Å²) < 4.78 is 10.9. The fourth-order valence-electron chi connectivity index (χ4n) is 4.81. The summed E-state index contributed by atoms with van der Waals surface area (Å²) in [7, 11) is 0. The van der Waals surface area contributed by atoms with Crippen molar-refractivity contribution in [3.8, 4) is 11.5 Å². The van der Waals surface area contributed by atoms with E-state index < -0.39 is 0 Å². The number of rotatable bonds is 5. The lowest BCUT2D eigenvalue weighted by Gasteiger charge is -2.19. The smallest absolute Gasteiger partial charge is 0.231 e. The Hall–Kier alpha value is -2.75. The summed E-state index contributed by atoms with van der Waals surface area (Å²) in [6.45, 7) is 9.18. The van der Waals surface area contributed by atoms with Crippen LogP contribution in [0.15, 0.2) is 36.4 Å². The Morgan fingerprint density at radius 3 is 2.57 bits per heavy atom. The topological polar surface area (TPSA) is 51.3 Å². The number of H-pyrrole nitrogens is 1. The molecule has 0 spiro atoms. The number of ether oxygens (including phenoxy) is 2. The lowest BCUT2D eigenvalue weighted by molar-refractivity contribution is -0.120. The van der Waals surface area contributed by atoms with E-state index in [1.165, 1.54) is 16.6 Å². The summed E-state index contributed by atoms with van der Waals surface area (Å²) in [5.41, 5.74) is 5.67. The third-order valence-electron chi connectivity index (χ3n) is 6.65. The van der Waals surface area contributed by atoms with E-state index >= 15 is 0 Å². The summed E-state index contributed by atoms with van der Waals surface area (Å²) in [6.07, 6.45) is 3.26. The first-order valence-corrected chi connectivity index (χ1v) is 10.9. The number of benzene rings is 2. The molecule has 1 aliphatic carbocycles. The van der Waals surface area contributed by atoms with Gasteiger partial charge in [-0.05, 0) is 60.2 Å². The lowest BCUT2D eigenvalue weighted by Crippen LogP contribution is -2.22. The maximum Gasteiger partial charge on any atom is 0.231 e. The van der Waals surface area contributed by atoms with Crippen molar-refractivity contribution in [2.45, 2.75) is 64.2 Å².